The van der Waals surface area contributed by atoms with E-state index in [-0.39, 0.29) is 0 Å². The predicted octanol–water partition coefficient (Wildman–Crippen LogP) is 3.64. The Hall–Kier alpha value is -1.20. The maximum atomic E-state index is 5.57. The molecule has 2 heterocycles. The molecule has 0 aliphatic carbocycles. The summed E-state index contributed by atoms with van der Waals surface area (Å²) in [5.41, 5.74) is 0.457. The Morgan fingerprint density at radius 2 is 2.04 bits per heavy atom. The van der Waals surface area contributed by atoms with Gasteiger partial charge in [0.25, 0.3) is 0 Å². The van der Waals surface area contributed by atoms with Gasteiger partial charge in [0.2, 0.25) is 0 Å². The largest absolute Gasteiger partial charge is 0.381 e. The molecular formula is C20H31N3OS. The number of hydrogen-bond acceptors (Lipinski definition) is 3. The van der Waals surface area contributed by atoms with Gasteiger partial charge in [-0.3, -0.25) is 4.99 Å². The molecule has 138 valence electrons. The van der Waals surface area contributed by atoms with E-state index >= 15 is 0 Å². The van der Waals surface area contributed by atoms with Gasteiger partial charge in [-0.2, -0.15) is 0 Å². The van der Waals surface area contributed by atoms with Gasteiger partial charge in [-0.1, -0.05) is 25.1 Å². The molecule has 0 amide bonds. The van der Waals surface area contributed by atoms with Gasteiger partial charge in [0.1, 0.15) is 0 Å². The van der Waals surface area contributed by atoms with E-state index in [0.29, 0.717) is 10.7 Å². The average molecular weight is 362 g/mol. The van der Waals surface area contributed by atoms with Gasteiger partial charge in [-0.05, 0) is 43.7 Å². The molecule has 1 atom stereocenters. The number of nitrogens with one attached hydrogen (secondary N) is 1. The highest BCUT2D eigenvalue weighted by Crippen LogP contribution is 2.39. The third-order valence-electron chi connectivity index (χ3n) is 5.20. The monoisotopic (exact) mass is 361 g/mol. The lowest BCUT2D eigenvalue weighted by Crippen LogP contribution is -2.42. The third-order valence-corrected chi connectivity index (χ3v) is 6.30. The number of thioether (sulfide) groups is 1. The van der Waals surface area contributed by atoms with Crippen molar-refractivity contribution in [3.05, 3.63) is 30.3 Å². The van der Waals surface area contributed by atoms with Gasteiger partial charge in [0.15, 0.2) is 5.96 Å². The molecule has 1 aromatic carbocycles. The molecule has 0 aromatic heterocycles. The maximum absolute atomic E-state index is 5.57. The molecule has 2 saturated heterocycles. The van der Waals surface area contributed by atoms with Gasteiger partial charge >= 0.3 is 0 Å². The van der Waals surface area contributed by atoms with Crippen molar-refractivity contribution < 1.29 is 4.74 Å². The van der Waals surface area contributed by atoms with E-state index in [9.17, 15) is 0 Å². The number of aliphatic imine (C=N–C) groups is 1. The van der Waals surface area contributed by atoms with Crippen LogP contribution in [0.15, 0.2) is 40.2 Å². The second kappa shape index (κ2) is 8.95. The summed E-state index contributed by atoms with van der Waals surface area (Å²) in [7, 11) is 0. The van der Waals surface area contributed by atoms with Crippen molar-refractivity contribution in [1.29, 1.82) is 0 Å². The van der Waals surface area contributed by atoms with Gasteiger partial charge < -0.3 is 15.0 Å². The number of benzene rings is 1. The van der Waals surface area contributed by atoms with Crippen LogP contribution in [0.1, 0.15) is 33.1 Å². The minimum absolute atomic E-state index is 0.457. The molecule has 1 spiro atoms. The molecule has 1 unspecified atom stereocenters. The Morgan fingerprint density at radius 1 is 1.28 bits per heavy atom. The summed E-state index contributed by atoms with van der Waals surface area (Å²) in [5.74, 6) is 1.09. The van der Waals surface area contributed by atoms with E-state index in [0.717, 1.165) is 45.4 Å². The predicted molar refractivity (Wildman–Crippen MR) is 106 cm³/mol. The van der Waals surface area contributed by atoms with Crippen molar-refractivity contribution in [3.8, 4) is 0 Å². The summed E-state index contributed by atoms with van der Waals surface area (Å²) in [6.45, 7) is 10.3. The van der Waals surface area contributed by atoms with Gasteiger partial charge in [-0.15, -0.1) is 11.8 Å². The standard InChI is InChI=1S/C20H31N3OS/c1-3-21-19(22-15-17(2)25-18-7-5-4-6-8-18)23-12-9-20(16-23)10-13-24-14-11-20/h4-8,17H,3,9-16H2,1-2H3,(H,21,22). The molecule has 0 saturated carbocycles. The molecule has 25 heavy (non-hydrogen) atoms. The first kappa shape index (κ1) is 18.6. The van der Waals surface area contributed by atoms with Crippen molar-refractivity contribution in [1.82, 2.24) is 10.2 Å². The lowest BCUT2D eigenvalue weighted by Gasteiger charge is -2.33. The average Bonchev–Trinajstić information content (AvgIpc) is 3.03. The van der Waals surface area contributed by atoms with Crippen molar-refractivity contribution >= 4 is 17.7 Å². The minimum atomic E-state index is 0.457. The fraction of sp³-hybridized carbons (Fsp3) is 0.650. The Kier molecular flexibility index (Phi) is 6.65. The third kappa shape index (κ3) is 5.14. The first-order valence-electron chi connectivity index (χ1n) is 9.53. The van der Waals surface area contributed by atoms with Crippen molar-refractivity contribution in [2.45, 2.75) is 43.3 Å². The summed E-state index contributed by atoms with van der Waals surface area (Å²) in [6.07, 6.45) is 3.67. The quantitative estimate of drug-likeness (QED) is 0.494. The van der Waals surface area contributed by atoms with E-state index in [1.54, 1.807) is 0 Å². The van der Waals surface area contributed by atoms with Crippen LogP contribution >= 0.6 is 11.8 Å². The van der Waals surface area contributed by atoms with Crippen LogP contribution in [0, 0.1) is 5.41 Å². The normalized spacial score (nSPS) is 21.5. The molecule has 2 aliphatic heterocycles. The van der Waals surface area contributed by atoms with Gasteiger partial charge in [0, 0.05) is 43.0 Å². The topological polar surface area (TPSA) is 36.9 Å². The fourth-order valence-corrected chi connectivity index (χ4v) is 4.67. The van der Waals surface area contributed by atoms with Crippen LogP contribution in [-0.2, 0) is 4.74 Å². The van der Waals surface area contributed by atoms with Crippen LogP contribution in [0.4, 0.5) is 0 Å². The van der Waals surface area contributed by atoms with Crippen LogP contribution in [0.3, 0.4) is 0 Å². The highest BCUT2D eigenvalue weighted by Gasteiger charge is 2.40. The first-order valence-corrected chi connectivity index (χ1v) is 10.4. The van der Waals surface area contributed by atoms with Crippen LogP contribution in [0.5, 0.6) is 0 Å². The highest BCUT2D eigenvalue weighted by atomic mass is 32.2. The Labute approximate surface area is 156 Å². The van der Waals surface area contributed by atoms with Crippen molar-refractivity contribution in [3.63, 3.8) is 0 Å². The van der Waals surface area contributed by atoms with E-state index in [1.807, 2.05) is 11.8 Å². The zero-order chi connectivity index (χ0) is 17.5. The van der Waals surface area contributed by atoms with E-state index in [1.165, 1.54) is 24.2 Å². The Morgan fingerprint density at radius 3 is 2.76 bits per heavy atom. The van der Waals surface area contributed by atoms with Crippen LogP contribution in [0.25, 0.3) is 0 Å². The molecule has 0 radical (unpaired) electrons. The number of likely N-dealkylation sites (tertiary alicyclic amines) is 1. The number of guanidine groups is 1. The second-order valence-corrected chi connectivity index (χ2v) is 8.73. The summed E-state index contributed by atoms with van der Waals surface area (Å²) in [6, 6.07) is 10.6. The molecule has 2 fully saturated rings. The fourth-order valence-electron chi connectivity index (χ4n) is 3.74. The van der Waals surface area contributed by atoms with Crippen molar-refractivity contribution in [2.24, 2.45) is 10.4 Å². The Balaban J connectivity index is 1.57. The molecule has 1 aromatic rings. The molecule has 5 heteroatoms. The zero-order valence-electron chi connectivity index (χ0n) is 15.5. The van der Waals surface area contributed by atoms with Crippen LogP contribution in [0.2, 0.25) is 0 Å². The van der Waals surface area contributed by atoms with E-state index < -0.39 is 0 Å². The lowest BCUT2D eigenvalue weighted by molar-refractivity contribution is 0.0217. The molecule has 3 rings (SSSR count). The zero-order valence-corrected chi connectivity index (χ0v) is 16.4. The number of rotatable bonds is 5. The van der Waals surface area contributed by atoms with Gasteiger partial charge in [0.05, 0.1) is 6.54 Å². The van der Waals surface area contributed by atoms with E-state index in [2.05, 4.69) is 54.4 Å². The Bertz CT molecular complexity index is 557. The SMILES string of the molecule is CCNC(=NCC(C)Sc1ccccc1)N1CCC2(CCOCC2)C1. The number of ether oxygens (including phenoxy) is 1. The van der Waals surface area contributed by atoms with Crippen molar-refractivity contribution in [2.75, 3.05) is 39.4 Å². The summed E-state index contributed by atoms with van der Waals surface area (Å²) < 4.78 is 5.57. The summed E-state index contributed by atoms with van der Waals surface area (Å²) in [4.78, 5) is 8.73. The molecular weight excluding hydrogens is 330 g/mol. The first-order chi connectivity index (χ1) is 12.2. The number of nitrogens with zero attached hydrogens (tertiary/aromatic N) is 2. The summed E-state index contributed by atoms with van der Waals surface area (Å²) in [5, 5.41) is 3.97. The molecule has 4 nitrogen and oxygen atoms in total. The second-order valence-electron chi connectivity index (χ2n) is 7.22. The van der Waals surface area contributed by atoms with E-state index in [4.69, 9.17) is 9.73 Å². The minimum Gasteiger partial charge on any atom is -0.381 e. The molecule has 0 bridgehead atoms. The number of hydrogen-bond donors (Lipinski definition) is 1. The molecule has 2 aliphatic rings. The molecule has 1 N–H and O–H groups in total. The van der Waals surface area contributed by atoms with Gasteiger partial charge in [-0.25, -0.2) is 0 Å². The summed E-state index contributed by atoms with van der Waals surface area (Å²) >= 11 is 1.90. The van der Waals surface area contributed by atoms with Crippen LogP contribution in [-0.4, -0.2) is 55.5 Å². The van der Waals surface area contributed by atoms with Crippen LogP contribution < -0.4 is 5.32 Å². The smallest absolute Gasteiger partial charge is 0.193 e. The lowest BCUT2D eigenvalue weighted by atomic mass is 9.80. The maximum Gasteiger partial charge on any atom is 0.193 e. The highest BCUT2D eigenvalue weighted by molar-refractivity contribution is 8.00.